The Morgan fingerprint density at radius 2 is 2.00 bits per heavy atom. The third-order valence-corrected chi connectivity index (χ3v) is 4.07. The summed E-state index contributed by atoms with van der Waals surface area (Å²) in [7, 11) is 0. The van der Waals surface area contributed by atoms with E-state index in [1.165, 1.54) is 12.3 Å². The molecule has 9 heteroatoms. The molecule has 0 aliphatic heterocycles. The van der Waals surface area contributed by atoms with Gasteiger partial charge in [-0.25, -0.2) is 4.98 Å². The van der Waals surface area contributed by atoms with E-state index in [4.69, 9.17) is 0 Å². The van der Waals surface area contributed by atoms with Crippen molar-refractivity contribution in [2.75, 3.05) is 17.2 Å². The Balaban J connectivity index is 2.06. The Hall–Kier alpha value is -2.68. The SMILES string of the molecule is CC(O)CCC(C)CNc1ncccc1C(=O)Nc1cncc(C(F)(F)F)c1. The molecular formula is C19H23F3N4O2. The highest BCUT2D eigenvalue weighted by Gasteiger charge is 2.31. The number of aromatic nitrogens is 2. The summed E-state index contributed by atoms with van der Waals surface area (Å²) < 4.78 is 38.4. The van der Waals surface area contributed by atoms with Crippen molar-refractivity contribution in [3.05, 3.63) is 47.9 Å². The highest BCUT2D eigenvalue weighted by Crippen LogP contribution is 2.30. The summed E-state index contributed by atoms with van der Waals surface area (Å²) in [6.07, 6.45) is -0.0892. The molecule has 2 heterocycles. The van der Waals surface area contributed by atoms with Crippen LogP contribution in [0.1, 0.15) is 42.6 Å². The van der Waals surface area contributed by atoms with Crippen LogP contribution < -0.4 is 10.6 Å². The number of nitrogens with zero attached hydrogens (tertiary/aromatic N) is 2. The number of aliphatic hydroxyl groups excluding tert-OH is 1. The van der Waals surface area contributed by atoms with Crippen LogP contribution in [-0.4, -0.2) is 33.6 Å². The summed E-state index contributed by atoms with van der Waals surface area (Å²) in [5, 5.41) is 14.9. The van der Waals surface area contributed by atoms with E-state index in [9.17, 15) is 23.1 Å². The van der Waals surface area contributed by atoms with Gasteiger partial charge >= 0.3 is 6.18 Å². The number of nitrogens with one attached hydrogen (secondary N) is 2. The Bertz CT molecular complexity index is 797. The zero-order chi connectivity index (χ0) is 20.7. The maximum atomic E-state index is 12.8. The van der Waals surface area contributed by atoms with E-state index >= 15 is 0 Å². The Kier molecular flexibility index (Phi) is 7.33. The van der Waals surface area contributed by atoms with Crippen molar-refractivity contribution in [1.82, 2.24) is 9.97 Å². The predicted molar refractivity (Wildman–Crippen MR) is 100.0 cm³/mol. The molecule has 0 aromatic carbocycles. The van der Waals surface area contributed by atoms with Crippen LogP contribution in [0.25, 0.3) is 0 Å². The average Bonchev–Trinajstić information content (AvgIpc) is 2.64. The van der Waals surface area contributed by atoms with Crippen LogP contribution >= 0.6 is 0 Å². The average molecular weight is 396 g/mol. The second-order valence-electron chi connectivity index (χ2n) is 6.73. The molecule has 0 aliphatic rings. The van der Waals surface area contributed by atoms with Gasteiger partial charge in [0, 0.05) is 18.9 Å². The van der Waals surface area contributed by atoms with Crippen LogP contribution in [0.15, 0.2) is 36.8 Å². The van der Waals surface area contributed by atoms with Crippen LogP contribution in [0, 0.1) is 5.92 Å². The minimum absolute atomic E-state index is 0.0556. The molecule has 152 valence electrons. The van der Waals surface area contributed by atoms with Gasteiger partial charge in [0.25, 0.3) is 5.91 Å². The van der Waals surface area contributed by atoms with E-state index < -0.39 is 17.6 Å². The molecular weight excluding hydrogens is 373 g/mol. The number of halogens is 3. The second kappa shape index (κ2) is 9.50. The number of rotatable bonds is 8. The van der Waals surface area contributed by atoms with E-state index in [2.05, 4.69) is 20.6 Å². The number of pyridine rings is 2. The van der Waals surface area contributed by atoms with E-state index in [1.54, 1.807) is 13.0 Å². The molecule has 2 atom stereocenters. The van der Waals surface area contributed by atoms with Crippen LogP contribution in [0.5, 0.6) is 0 Å². The lowest BCUT2D eigenvalue weighted by Gasteiger charge is -2.16. The maximum Gasteiger partial charge on any atom is 0.417 e. The number of hydrogen-bond acceptors (Lipinski definition) is 5. The van der Waals surface area contributed by atoms with E-state index in [1.807, 2.05) is 6.92 Å². The van der Waals surface area contributed by atoms with Crippen molar-refractivity contribution in [2.45, 2.75) is 39.0 Å². The van der Waals surface area contributed by atoms with Crippen molar-refractivity contribution in [3.63, 3.8) is 0 Å². The summed E-state index contributed by atoms with van der Waals surface area (Å²) in [5.41, 5.74) is -0.788. The number of carbonyl (C=O) groups excluding carboxylic acids is 1. The monoisotopic (exact) mass is 396 g/mol. The van der Waals surface area contributed by atoms with Gasteiger partial charge in [-0.2, -0.15) is 13.2 Å². The van der Waals surface area contributed by atoms with Gasteiger partial charge < -0.3 is 15.7 Å². The first-order valence-corrected chi connectivity index (χ1v) is 8.87. The Morgan fingerprint density at radius 3 is 2.68 bits per heavy atom. The van der Waals surface area contributed by atoms with Gasteiger partial charge in [-0.1, -0.05) is 6.92 Å². The lowest BCUT2D eigenvalue weighted by Crippen LogP contribution is -2.19. The molecule has 0 radical (unpaired) electrons. The molecule has 0 spiro atoms. The van der Waals surface area contributed by atoms with Gasteiger partial charge in [-0.15, -0.1) is 0 Å². The topological polar surface area (TPSA) is 87.1 Å². The lowest BCUT2D eigenvalue weighted by molar-refractivity contribution is -0.137. The smallest absolute Gasteiger partial charge is 0.393 e. The van der Waals surface area contributed by atoms with Gasteiger partial charge in [0.2, 0.25) is 0 Å². The summed E-state index contributed by atoms with van der Waals surface area (Å²) in [5.74, 6) is -0.0163. The first kappa shape index (κ1) is 21.6. The van der Waals surface area contributed by atoms with Crippen molar-refractivity contribution < 1.29 is 23.1 Å². The van der Waals surface area contributed by atoms with E-state index in [-0.39, 0.29) is 23.3 Å². The first-order valence-electron chi connectivity index (χ1n) is 8.87. The quantitative estimate of drug-likeness (QED) is 0.629. The normalized spacial score (nSPS) is 13.6. The van der Waals surface area contributed by atoms with Crippen molar-refractivity contribution in [1.29, 1.82) is 0 Å². The summed E-state index contributed by atoms with van der Waals surface area (Å²) in [4.78, 5) is 20.2. The molecule has 0 fully saturated rings. The number of aliphatic hydroxyl groups is 1. The number of alkyl halides is 3. The van der Waals surface area contributed by atoms with E-state index in [0.717, 1.165) is 18.7 Å². The standard InChI is InChI=1S/C19H23F3N4O2/c1-12(5-6-13(2)27)9-25-17-16(4-3-7-24-17)18(28)26-15-8-14(10-23-11-15)19(20,21)22/h3-4,7-8,10-13,27H,5-6,9H2,1-2H3,(H,24,25)(H,26,28). The molecule has 28 heavy (non-hydrogen) atoms. The third-order valence-electron chi connectivity index (χ3n) is 4.07. The zero-order valence-electron chi connectivity index (χ0n) is 15.6. The maximum absolute atomic E-state index is 12.8. The molecule has 2 unspecified atom stereocenters. The van der Waals surface area contributed by atoms with Crippen molar-refractivity contribution >= 4 is 17.4 Å². The highest BCUT2D eigenvalue weighted by atomic mass is 19.4. The van der Waals surface area contributed by atoms with E-state index in [0.29, 0.717) is 25.0 Å². The highest BCUT2D eigenvalue weighted by molar-refractivity contribution is 6.07. The fraction of sp³-hybridized carbons (Fsp3) is 0.421. The summed E-state index contributed by atoms with van der Waals surface area (Å²) in [6, 6.07) is 3.93. The number of amides is 1. The second-order valence-corrected chi connectivity index (χ2v) is 6.73. The van der Waals surface area contributed by atoms with Crippen LogP contribution in [0.3, 0.4) is 0 Å². The van der Waals surface area contributed by atoms with Gasteiger partial charge in [-0.05, 0) is 43.9 Å². The fourth-order valence-electron chi connectivity index (χ4n) is 2.49. The minimum Gasteiger partial charge on any atom is -0.393 e. The third kappa shape index (κ3) is 6.49. The molecule has 0 saturated heterocycles. The molecule has 3 N–H and O–H groups in total. The van der Waals surface area contributed by atoms with Crippen molar-refractivity contribution in [3.8, 4) is 0 Å². The van der Waals surface area contributed by atoms with Crippen LogP contribution in [0.4, 0.5) is 24.7 Å². The van der Waals surface area contributed by atoms with Gasteiger partial charge in [0.1, 0.15) is 5.82 Å². The van der Waals surface area contributed by atoms with Gasteiger partial charge in [0.15, 0.2) is 0 Å². The van der Waals surface area contributed by atoms with Gasteiger partial charge in [-0.3, -0.25) is 9.78 Å². The largest absolute Gasteiger partial charge is 0.417 e. The molecule has 6 nitrogen and oxygen atoms in total. The molecule has 2 rings (SSSR count). The fourth-order valence-corrected chi connectivity index (χ4v) is 2.49. The molecule has 2 aromatic heterocycles. The predicted octanol–water partition coefficient (Wildman–Crippen LogP) is 3.96. The van der Waals surface area contributed by atoms with Crippen LogP contribution in [0.2, 0.25) is 0 Å². The molecule has 2 aromatic rings. The van der Waals surface area contributed by atoms with Crippen LogP contribution in [-0.2, 0) is 6.18 Å². The number of anilines is 2. The number of hydrogen-bond donors (Lipinski definition) is 3. The van der Waals surface area contributed by atoms with Gasteiger partial charge in [0.05, 0.1) is 29.1 Å². The summed E-state index contributed by atoms with van der Waals surface area (Å²) >= 11 is 0. The zero-order valence-corrected chi connectivity index (χ0v) is 15.6. The first-order chi connectivity index (χ1) is 13.2. The van der Waals surface area contributed by atoms with Crippen molar-refractivity contribution in [2.24, 2.45) is 5.92 Å². The number of carbonyl (C=O) groups is 1. The molecule has 0 saturated carbocycles. The Morgan fingerprint density at radius 1 is 1.25 bits per heavy atom. The minimum atomic E-state index is -4.54. The molecule has 0 aliphatic carbocycles. The molecule has 1 amide bonds. The summed E-state index contributed by atoms with van der Waals surface area (Å²) in [6.45, 7) is 4.27. The lowest BCUT2D eigenvalue weighted by atomic mass is 10.0. The molecule has 0 bridgehead atoms. The Labute approximate surface area is 161 Å².